The van der Waals surface area contributed by atoms with Gasteiger partial charge in [0, 0.05) is 34.1 Å². The van der Waals surface area contributed by atoms with Gasteiger partial charge in [0.25, 0.3) is 0 Å². The van der Waals surface area contributed by atoms with E-state index in [0.29, 0.717) is 0 Å². The quantitative estimate of drug-likeness (QED) is 0.168. The van der Waals surface area contributed by atoms with E-state index in [1.165, 1.54) is 66.8 Å². The number of nitrogens with zero attached hydrogens (tertiary/aromatic N) is 1. The molecule has 0 amide bonds. The van der Waals surface area contributed by atoms with Crippen molar-refractivity contribution in [3.63, 3.8) is 0 Å². The van der Waals surface area contributed by atoms with Crippen molar-refractivity contribution in [3.05, 3.63) is 221 Å². The van der Waals surface area contributed by atoms with Crippen LogP contribution >= 0.6 is 0 Å². The third-order valence-corrected chi connectivity index (χ3v) is 11.9. The van der Waals surface area contributed by atoms with Gasteiger partial charge in [-0.05, 0) is 125 Å². The second kappa shape index (κ2) is 14.4. The van der Waals surface area contributed by atoms with Crippen LogP contribution in [-0.4, -0.2) is 6.04 Å². The number of nitrogens with one attached hydrogen (secondary N) is 1. The molecule has 7 aromatic rings. The first-order valence-corrected chi connectivity index (χ1v) is 19.8. The first-order chi connectivity index (χ1) is 27.2. The lowest BCUT2D eigenvalue weighted by Gasteiger charge is -2.29. The van der Waals surface area contributed by atoms with Gasteiger partial charge in [-0.15, -0.1) is 0 Å². The highest BCUT2D eigenvalue weighted by atomic mass is 15.1. The minimum absolute atomic E-state index is 0.00350. The van der Waals surface area contributed by atoms with Crippen LogP contribution in [0.5, 0.6) is 0 Å². The van der Waals surface area contributed by atoms with Gasteiger partial charge in [-0.3, -0.25) is 0 Å². The molecule has 2 aliphatic carbocycles. The van der Waals surface area contributed by atoms with Crippen molar-refractivity contribution in [2.45, 2.75) is 52.0 Å². The molecule has 1 N–H and O–H groups in total. The lowest BCUT2D eigenvalue weighted by atomic mass is 9.81. The SMILES string of the molecule is Cc1ccc(NC2C=CC(c3ccc4c(c3)-c3ccccc3C4(C)C)=CC2c2ccc(-c3ccc(N(c4ccc(C)cc4)c4ccc(C)cc4)cc3)cc2)cc1. The third-order valence-electron chi connectivity index (χ3n) is 11.9. The molecule has 2 nitrogen and oxygen atoms in total. The molecule has 0 spiro atoms. The Morgan fingerprint density at radius 2 is 1.00 bits per heavy atom. The van der Waals surface area contributed by atoms with E-state index in [1.807, 2.05) is 0 Å². The Hall–Kier alpha value is -6.38. The second-order valence-corrected chi connectivity index (χ2v) is 16.1. The molecular weight excluding hydrogens is 677 g/mol. The van der Waals surface area contributed by atoms with Crippen molar-refractivity contribution in [2.24, 2.45) is 0 Å². The predicted molar refractivity (Wildman–Crippen MR) is 238 cm³/mol. The molecule has 0 bridgehead atoms. The zero-order valence-electron chi connectivity index (χ0n) is 32.9. The Bertz CT molecular complexity index is 2530. The van der Waals surface area contributed by atoms with Gasteiger partial charge in [0.05, 0.1) is 6.04 Å². The van der Waals surface area contributed by atoms with Gasteiger partial charge in [0.1, 0.15) is 0 Å². The van der Waals surface area contributed by atoms with Gasteiger partial charge in [-0.1, -0.05) is 158 Å². The molecule has 7 aromatic carbocycles. The van der Waals surface area contributed by atoms with Crippen molar-refractivity contribution in [1.29, 1.82) is 0 Å². The second-order valence-electron chi connectivity index (χ2n) is 16.1. The summed E-state index contributed by atoms with van der Waals surface area (Å²) in [6.45, 7) is 11.1. The van der Waals surface area contributed by atoms with Crippen LogP contribution < -0.4 is 10.2 Å². The largest absolute Gasteiger partial charge is 0.378 e. The molecule has 0 heterocycles. The Morgan fingerprint density at radius 3 is 1.61 bits per heavy atom. The standard InChI is InChI=1S/C54H48N2/c1-36-10-24-44(25-11-36)55-53-33-23-43(42-22-32-52-50(35-42)48-8-6-7-9-51(48)54(52,4)5)34-49(53)41-18-16-39(17-19-41)40-20-30-47(31-21-40)56(45-26-12-37(2)13-27-45)46-28-14-38(3)15-29-46/h6-35,49,53,55H,1-5H3. The highest BCUT2D eigenvalue weighted by molar-refractivity contribution is 5.86. The fraction of sp³-hybridized carbons (Fsp3) is 0.148. The summed E-state index contributed by atoms with van der Waals surface area (Å²) in [5.41, 5.74) is 20.0. The molecule has 0 fully saturated rings. The lowest BCUT2D eigenvalue weighted by Crippen LogP contribution is -2.26. The lowest BCUT2D eigenvalue weighted by molar-refractivity contribution is 0.660. The molecule has 274 valence electrons. The number of fused-ring (bicyclic) bond motifs is 3. The molecule has 2 aliphatic rings. The molecule has 9 rings (SSSR count). The van der Waals surface area contributed by atoms with Crippen LogP contribution in [0.15, 0.2) is 182 Å². The molecule has 56 heavy (non-hydrogen) atoms. The van der Waals surface area contributed by atoms with E-state index < -0.39 is 0 Å². The van der Waals surface area contributed by atoms with Crippen molar-refractivity contribution in [3.8, 4) is 22.3 Å². The minimum Gasteiger partial charge on any atom is -0.378 e. The zero-order valence-corrected chi connectivity index (χ0v) is 32.9. The van der Waals surface area contributed by atoms with Crippen LogP contribution in [0.1, 0.15) is 58.7 Å². The number of hydrogen-bond donors (Lipinski definition) is 1. The molecule has 2 unspecified atom stereocenters. The van der Waals surface area contributed by atoms with Gasteiger partial charge >= 0.3 is 0 Å². The smallest absolute Gasteiger partial charge is 0.0551 e. The summed E-state index contributed by atoms with van der Waals surface area (Å²) in [6, 6.07) is 60.5. The van der Waals surface area contributed by atoms with E-state index in [-0.39, 0.29) is 17.4 Å². The maximum atomic E-state index is 3.85. The van der Waals surface area contributed by atoms with Crippen molar-refractivity contribution >= 4 is 28.3 Å². The summed E-state index contributed by atoms with van der Waals surface area (Å²) in [6.07, 6.45) is 7.13. The van der Waals surface area contributed by atoms with E-state index in [0.717, 1.165) is 22.7 Å². The summed E-state index contributed by atoms with van der Waals surface area (Å²) in [4.78, 5) is 2.33. The normalized spacial score (nSPS) is 16.5. The fourth-order valence-corrected chi connectivity index (χ4v) is 8.59. The fourth-order valence-electron chi connectivity index (χ4n) is 8.59. The number of anilines is 4. The first kappa shape index (κ1) is 35.3. The third kappa shape index (κ3) is 6.66. The topological polar surface area (TPSA) is 15.3 Å². The molecule has 2 heteroatoms. The number of rotatable bonds is 8. The average Bonchev–Trinajstić information content (AvgIpc) is 3.46. The zero-order chi connectivity index (χ0) is 38.4. The molecular formula is C54H48N2. The van der Waals surface area contributed by atoms with Crippen LogP contribution in [0.25, 0.3) is 27.8 Å². The Morgan fingerprint density at radius 1 is 0.500 bits per heavy atom. The van der Waals surface area contributed by atoms with Crippen LogP contribution in [0.2, 0.25) is 0 Å². The van der Waals surface area contributed by atoms with Crippen LogP contribution in [0.4, 0.5) is 22.7 Å². The van der Waals surface area contributed by atoms with Gasteiger partial charge in [-0.2, -0.15) is 0 Å². The summed E-state index contributed by atoms with van der Waals surface area (Å²) in [5.74, 6) is 0.141. The van der Waals surface area contributed by atoms with E-state index in [1.54, 1.807) is 0 Å². The maximum Gasteiger partial charge on any atom is 0.0551 e. The number of allylic oxidation sites excluding steroid dienone is 2. The molecule has 0 aliphatic heterocycles. The molecule has 0 radical (unpaired) electrons. The number of aryl methyl sites for hydroxylation is 3. The predicted octanol–water partition coefficient (Wildman–Crippen LogP) is 14.3. The van der Waals surface area contributed by atoms with Crippen LogP contribution in [0, 0.1) is 20.8 Å². The van der Waals surface area contributed by atoms with Crippen molar-refractivity contribution in [2.75, 3.05) is 10.2 Å². The highest BCUT2D eigenvalue weighted by Gasteiger charge is 2.35. The number of benzene rings is 7. The van der Waals surface area contributed by atoms with Gasteiger partial charge in [-0.25, -0.2) is 0 Å². The molecule has 0 saturated heterocycles. The summed E-state index contributed by atoms with van der Waals surface area (Å²) >= 11 is 0. The Labute approximate surface area is 332 Å². The Balaban J connectivity index is 1.03. The monoisotopic (exact) mass is 724 g/mol. The van der Waals surface area contributed by atoms with Crippen molar-refractivity contribution in [1.82, 2.24) is 0 Å². The summed E-state index contributed by atoms with van der Waals surface area (Å²) < 4.78 is 0. The average molecular weight is 725 g/mol. The maximum absolute atomic E-state index is 3.85. The van der Waals surface area contributed by atoms with E-state index in [2.05, 4.69) is 227 Å². The Kier molecular flexibility index (Phi) is 9.06. The van der Waals surface area contributed by atoms with E-state index >= 15 is 0 Å². The first-order valence-electron chi connectivity index (χ1n) is 19.8. The van der Waals surface area contributed by atoms with Crippen LogP contribution in [0.3, 0.4) is 0 Å². The van der Waals surface area contributed by atoms with Gasteiger partial charge < -0.3 is 10.2 Å². The van der Waals surface area contributed by atoms with Crippen LogP contribution in [-0.2, 0) is 5.41 Å². The summed E-state index contributed by atoms with van der Waals surface area (Å²) in [7, 11) is 0. The highest BCUT2D eigenvalue weighted by Crippen LogP contribution is 2.49. The van der Waals surface area contributed by atoms with Gasteiger partial charge in [0.15, 0.2) is 0 Å². The van der Waals surface area contributed by atoms with Crippen molar-refractivity contribution < 1.29 is 0 Å². The number of hydrogen-bond acceptors (Lipinski definition) is 2. The minimum atomic E-state index is -0.00350. The molecule has 0 saturated carbocycles. The van der Waals surface area contributed by atoms with Gasteiger partial charge in [0.2, 0.25) is 0 Å². The van der Waals surface area contributed by atoms with E-state index in [9.17, 15) is 0 Å². The summed E-state index contributed by atoms with van der Waals surface area (Å²) in [5, 5.41) is 3.85. The van der Waals surface area contributed by atoms with E-state index in [4.69, 9.17) is 0 Å². The molecule has 0 aromatic heterocycles. The molecule has 2 atom stereocenters.